The molecule has 2 saturated carbocycles. The highest BCUT2D eigenvalue weighted by atomic mass is 16.5. The van der Waals surface area contributed by atoms with Crippen molar-refractivity contribution in [1.82, 2.24) is 0 Å². The molecule has 2 aliphatic carbocycles. The zero-order valence-electron chi connectivity index (χ0n) is 29.8. The number of ether oxygens (including phenoxy) is 2. The Morgan fingerprint density at radius 2 is 0.692 bits per heavy atom. The van der Waals surface area contributed by atoms with Crippen LogP contribution in [-0.4, -0.2) is 25.4 Å². The molecular weight excluding hydrogens is 476 g/mol. The molecule has 0 atom stereocenters. The van der Waals surface area contributed by atoms with Crippen LogP contribution in [0.4, 0.5) is 0 Å². The zero-order valence-corrected chi connectivity index (χ0v) is 29.8. The van der Waals surface area contributed by atoms with Crippen LogP contribution in [-0.2, 0) is 9.47 Å². The molecule has 2 heteroatoms. The van der Waals surface area contributed by atoms with Gasteiger partial charge in [0.15, 0.2) is 0 Å². The topological polar surface area (TPSA) is 18.5 Å². The fourth-order valence-corrected chi connectivity index (χ4v) is 7.96. The van der Waals surface area contributed by atoms with Crippen molar-refractivity contribution in [1.29, 1.82) is 0 Å². The van der Waals surface area contributed by atoms with Crippen LogP contribution in [0.2, 0.25) is 0 Å². The van der Waals surface area contributed by atoms with Gasteiger partial charge in [-0.2, -0.15) is 0 Å². The van der Waals surface area contributed by atoms with Crippen LogP contribution < -0.4 is 0 Å². The molecule has 0 aromatic carbocycles. The van der Waals surface area contributed by atoms with E-state index in [9.17, 15) is 0 Å². The summed E-state index contributed by atoms with van der Waals surface area (Å²) in [5.41, 5.74) is 2.19. The van der Waals surface area contributed by atoms with Gasteiger partial charge in [-0.25, -0.2) is 0 Å². The average molecular weight is 551 g/mol. The Balaban J connectivity index is 0.000000260. The molecule has 2 heterocycles. The Morgan fingerprint density at radius 3 is 0.692 bits per heavy atom. The first-order valence-electron chi connectivity index (χ1n) is 17.1. The summed E-state index contributed by atoms with van der Waals surface area (Å²) in [5.74, 6) is 6.45. The minimum absolute atomic E-state index is 0.222. The normalized spacial score (nSPS) is 23.4. The molecule has 39 heavy (non-hydrogen) atoms. The van der Waals surface area contributed by atoms with Gasteiger partial charge in [-0.05, 0) is 83.9 Å². The van der Waals surface area contributed by atoms with E-state index in [0.29, 0.717) is 17.3 Å². The third-order valence-electron chi connectivity index (χ3n) is 12.6. The summed E-state index contributed by atoms with van der Waals surface area (Å²) in [5, 5.41) is 0. The van der Waals surface area contributed by atoms with E-state index in [1.165, 1.54) is 38.5 Å². The van der Waals surface area contributed by atoms with Gasteiger partial charge in [0.2, 0.25) is 0 Å². The smallest absolute Gasteiger partial charge is 0.0749 e. The number of hydrogen-bond acceptors (Lipinski definition) is 2. The van der Waals surface area contributed by atoms with Gasteiger partial charge in [0, 0.05) is 11.8 Å². The second-order valence-corrected chi connectivity index (χ2v) is 16.3. The third-order valence-corrected chi connectivity index (χ3v) is 12.6. The van der Waals surface area contributed by atoms with Gasteiger partial charge < -0.3 is 9.47 Å². The second-order valence-electron chi connectivity index (χ2n) is 16.3. The van der Waals surface area contributed by atoms with Crippen LogP contribution in [0.25, 0.3) is 0 Å². The maximum atomic E-state index is 5.64. The fourth-order valence-electron chi connectivity index (χ4n) is 7.96. The predicted molar refractivity (Wildman–Crippen MR) is 173 cm³/mol. The van der Waals surface area contributed by atoms with Crippen molar-refractivity contribution in [3.05, 3.63) is 0 Å². The van der Waals surface area contributed by atoms with E-state index in [1.54, 1.807) is 0 Å². The maximum absolute atomic E-state index is 5.64. The zero-order chi connectivity index (χ0) is 30.4. The molecule has 0 aromatic heterocycles. The van der Waals surface area contributed by atoms with Gasteiger partial charge in [0.1, 0.15) is 0 Å². The van der Waals surface area contributed by atoms with Crippen molar-refractivity contribution in [2.75, 3.05) is 19.8 Å². The molecule has 2 nitrogen and oxygen atoms in total. The van der Waals surface area contributed by atoms with E-state index in [2.05, 4.69) is 111 Å². The van der Waals surface area contributed by atoms with Gasteiger partial charge in [-0.3, -0.25) is 0 Å². The lowest BCUT2D eigenvalue weighted by atomic mass is 9.56. The molecule has 0 N–H and O–H groups in total. The summed E-state index contributed by atoms with van der Waals surface area (Å²) < 4.78 is 10.9. The molecule has 4 fully saturated rings. The van der Waals surface area contributed by atoms with Crippen LogP contribution in [0, 0.1) is 63.6 Å². The van der Waals surface area contributed by atoms with Crippen molar-refractivity contribution in [3.63, 3.8) is 0 Å². The molecule has 4 aliphatic rings. The van der Waals surface area contributed by atoms with Gasteiger partial charge in [0.25, 0.3) is 0 Å². The number of rotatable bonds is 8. The van der Waals surface area contributed by atoms with E-state index in [1.807, 2.05) is 0 Å². The SMILES string of the molecule is CC(C)C1(C(C)C)CC1.CC(C)C1(C(C)C)CCC1.CC(C)C1(C(C)C)CCO1.CC(C)C1(C(C)C)COC1. The van der Waals surface area contributed by atoms with Gasteiger partial charge in [-0.15, -0.1) is 0 Å². The molecule has 0 unspecified atom stereocenters. The Hall–Kier alpha value is -0.0800. The van der Waals surface area contributed by atoms with Crippen molar-refractivity contribution in [2.24, 2.45) is 63.6 Å². The molecular formula is C37H74O2. The molecule has 0 bridgehead atoms. The van der Waals surface area contributed by atoms with E-state index in [0.717, 1.165) is 66.2 Å². The molecule has 0 aromatic rings. The molecule has 0 radical (unpaired) electrons. The lowest BCUT2D eigenvalue weighted by Crippen LogP contribution is -2.52. The largest absolute Gasteiger partial charge is 0.380 e. The molecule has 234 valence electrons. The summed E-state index contributed by atoms with van der Waals surface area (Å²) in [6, 6.07) is 0. The van der Waals surface area contributed by atoms with Crippen molar-refractivity contribution >= 4 is 0 Å². The van der Waals surface area contributed by atoms with Crippen molar-refractivity contribution < 1.29 is 9.47 Å². The highest BCUT2D eigenvalue weighted by Gasteiger charge is 2.47. The summed E-state index contributed by atoms with van der Waals surface area (Å²) in [4.78, 5) is 0. The molecule has 2 saturated heterocycles. The minimum atomic E-state index is 0.222. The predicted octanol–water partition coefficient (Wildman–Crippen LogP) is 11.3. The van der Waals surface area contributed by atoms with Gasteiger partial charge in [-0.1, -0.05) is 117 Å². The van der Waals surface area contributed by atoms with E-state index >= 15 is 0 Å². The second kappa shape index (κ2) is 14.9. The van der Waals surface area contributed by atoms with Gasteiger partial charge >= 0.3 is 0 Å². The Bertz CT molecular complexity index is 554. The number of hydrogen-bond donors (Lipinski definition) is 0. The first-order chi connectivity index (χ1) is 17.9. The monoisotopic (exact) mass is 551 g/mol. The quantitative estimate of drug-likeness (QED) is 0.299. The highest BCUT2D eigenvalue weighted by Crippen LogP contribution is 2.57. The van der Waals surface area contributed by atoms with Gasteiger partial charge in [0.05, 0.1) is 25.4 Å². The standard InChI is InChI=1S/C10H20.2C9H18O.C9H18/c1-8(2)10(9(3)4)6-5-7-10;1-7(2)9(8(3)4)5-10-6-9;1-7(2)9(8(3)4)5-6-10-9;1-7(2)9(5-6-9)8(3)4/h8-9H,5-7H2,1-4H3;2*7-8H,5-6H2,1-4H3;7-8H,5-6H2,1-4H3. The summed E-state index contributed by atoms with van der Waals surface area (Å²) >= 11 is 0. The van der Waals surface area contributed by atoms with Crippen LogP contribution in [0.1, 0.15) is 149 Å². The van der Waals surface area contributed by atoms with Crippen LogP contribution in [0.5, 0.6) is 0 Å². The molecule has 0 spiro atoms. The third kappa shape index (κ3) is 8.27. The maximum Gasteiger partial charge on any atom is 0.0749 e. The average Bonchev–Trinajstić information content (AvgIpc) is 3.46. The van der Waals surface area contributed by atoms with Crippen molar-refractivity contribution in [3.8, 4) is 0 Å². The van der Waals surface area contributed by atoms with Crippen LogP contribution in [0.3, 0.4) is 0 Å². The summed E-state index contributed by atoms with van der Waals surface area (Å²) in [6.45, 7) is 40.0. The Labute approximate surface area is 247 Å². The minimum Gasteiger partial charge on any atom is -0.380 e. The summed E-state index contributed by atoms with van der Waals surface area (Å²) in [7, 11) is 0. The molecule has 2 aliphatic heterocycles. The molecule has 0 amide bonds. The fraction of sp³-hybridized carbons (Fsp3) is 1.00. The van der Waals surface area contributed by atoms with Crippen LogP contribution in [0.15, 0.2) is 0 Å². The van der Waals surface area contributed by atoms with Crippen LogP contribution >= 0.6 is 0 Å². The highest BCUT2D eigenvalue weighted by molar-refractivity contribution is 4.97. The lowest BCUT2D eigenvalue weighted by molar-refractivity contribution is -0.200. The van der Waals surface area contributed by atoms with Crippen molar-refractivity contribution in [2.45, 2.75) is 155 Å². The van der Waals surface area contributed by atoms with E-state index in [-0.39, 0.29) is 5.60 Å². The first kappa shape index (κ1) is 36.9. The lowest BCUT2D eigenvalue weighted by Gasteiger charge is -2.49. The Morgan fingerprint density at radius 1 is 0.385 bits per heavy atom. The van der Waals surface area contributed by atoms with E-state index < -0.39 is 0 Å². The summed E-state index contributed by atoms with van der Waals surface area (Å²) in [6.07, 6.45) is 8.62. The van der Waals surface area contributed by atoms with E-state index in [4.69, 9.17) is 9.47 Å². The Kier molecular flexibility index (Phi) is 14.1. The molecule has 4 rings (SSSR count). The first-order valence-corrected chi connectivity index (χ1v) is 17.1.